The molecule has 26 heavy (non-hydrogen) atoms. The van der Waals surface area contributed by atoms with Crippen molar-refractivity contribution in [3.63, 3.8) is 0 Å². The van der Waals surface area contributed by atoms with E-state index >= 15 is 0 Å². The van der Waals surface area contributed by atoms with Crippen molar-refractivity contribution in [2.75, 3.05) is 23.9 Å². The minimum Gasteiger partial charge on any atom is -0.468 e. The molecule has 0 radical (unpaired) electrons. The van der Waals surface area contributed by atoms with Crippen molar-refractivity contribution in [3.05, 3.63) is 48.5 Å². The van der Waals surface area contributed by atoms with Crippen molar-refractivity contribution in [3.8, 4) is 11.4 Å². The van der Waals surface area contributed by atoms with E-state index in [0.717, 1.165) is 16.6 Å². The summed E-state index contributed by atoms with van der Waals surface area (Å²) in [4.78, 5) is 31.2. The lowest BCUT2D eigenvalue weighted by Gasteiger charge is -2.09. The largest absolute Gasteiger partial charge is 0.468 e. The van der Waals surface area contributed by atoms with Crippen LogP contribution in [0, 0.1) is 0 Å². The maximum Gasteiger partial charge on any atom is 0.315 e. The summed E-state index contributed by atoms with van der Waals surface area (Å²) in [5, 5.41) is 2.93. The molecule has 1 amide bonds. The normalized spacial score (nSPS) is 10.7. The number of imidazole rings is 1. The number of para-hydroxylation sites is 3. The maximum atomic E-state index is 12.2. The number of rotatable bonds is 7. The highest BCUT2D eigenvalue weighted by molar-refractivity contribution is 7.99. The molecule has 2 N–H and O–H groups in total. The van der Waals surface area contributed by atoms with E-state index in [1.54, 1.807) is 0 Å². The number of H-pyrrole nitrogens is 1. The van der Waals surface area contributed by atoms with Crippen LogP contribution in [-0.4, -0.2) is 40.5 Å². The molecule has 0 aliphatic heterocycles. The Hall–Kier alpha value is -2.80. The molecule has 7 heteroatoms. The molecule has 3 rings (SSSR count). The van der Waals surface area contributed by atoms with E-state index in [1.165, 1.54) is 18.9 Å². The fourth-order valence-corrected chi connectivity index (χ4v) is 3.23. The molecule has 0 bridgehead atoms. The first-order valence-corrected chi connectivity index (χ1v) is 9.31. The molecule has 2 aromatic carbocycles. The Bertz CT molecular complexity index is 890. The number of amides is 1. The number of anilines is 1. The van der Waals surface area contributed by atoms with Crippen LogP contribution in [0.4, 0.5) is 5.69 Å². The van der Waals surface area contributed by atoms with E-state index in [2.05, 4.69) is 20.0 Å². The maximum absolute atomic E-state index is 12.2. The zero-order valence-corrected chi connectivity index (χ0v) is 15.1. The summed E-state index contributed by atoms with van der Waals surface area (Å²) >= 11 is 1.37. The number of esters is 1. The number of benzene rings is 2. The van der Waals surface area contributed by atoms with Gasteiger partial charge in [0.25, 0.3) is 0 Å². The third-order valence-corrected chi connectivity index (χ3v) is 4.70. The zero-order chi connectivity index (χ0) is 18.4. The van der Waals surface area contributed by atoms with Gasteiger partial charge in [0.1, 0.15) is 5.82 Å². The Morgan fingerprint density at radius 3 is 2.73 bits per heavy atom. The Labute approximate surface area is 155 Å². The van der Waals surface area contributed by atoms with Crippen LogP contribution < -0.4 is 5.32 Å². The Kier molecular flexibility index (Phi) is 5.91. The third kappa shape index (κ3) is 4.43. The number of hydrogen-bond donors (Lipinski definition) is 2. The van der Waals surface area contributed by atoms with Crippen LogP contribution in [-0.2, 0) is 14.3 Å². The highest BCUT2D eigenvalue weighted by Crippen LogP contribution is 2.27. The Balaban J connectivity index is 1.67. The molecule has 1 aromatic heterocycles. The number of aromatic nitrogens is 2. The van der Waals surface area contributed by atoms with Crippen molar-refractivity contribution in [1.82, 2.24) is 9.97 Å². The second-order valence-electron chi connectivity index (χ2n) is 5.58. The number of fused-ring (bicyclic) bond motifs is 1. The summed E-state index contributed by atoms with van der Waals surface area (Å²) in [7, 11) is 1.35. The summed E-state index contributed by atoms with van der Waals surface area (Å²) in [6.07, 6.45) is 0.316. The van der Waals surface area contributed by atoms with Gasteiger partial charge in [0.2, 0.25) is 5.91 Å². The number of hydrogen-bond acceptors (Lipinski definition) is 5. The average Bonchev–Trinajstić information content (AvgIpc) is 3.09. The van der Waals surface area contributed by atoms with Gasteiger partial charge >= 0.3 is 5.97 Å². The van der Waals surface area contributed by atoms with Crippen LogP contribution in [0.3, 0.4) is 0 Å². The predicted octanol–water partition coefficient (Wildman–Crippen LogP) is 3.46. The molecule has 0 aliphatic carbocycles. The van der Waals surface area contributed by atoms with Crippen LogP contribution in [0.1, 0.15) is 6.42 Å². The van der Waals surface area contributed by atoms with Crippen LogP contribution in [0.5, 0.6) is 0 Å². The average molecular weight is 369 g/mol. The summed E-state index contributed by atoms with van der Waals surface area (Å²) < 4.78 is 4.57. The summed E-state index contributed by atoms with van der Waals surface area (Å²) in [6.45, 7) is 0. The van der Waals surface area contributed by atoms with E-state index in [0.29, 0.717) is 23.7 Å². The van der Waals surface area contributed by atoms with E-state index in [4.69, 9.17) is 0 Å². The number of thioether (sulfide) groups is 1. The third-order valence-electron chi connectivity index (χ3n) is 3.77. The van der Waals surface area contributed by atoms with Crippen LogP contribution in [0.25, 0.3) is 22.4 Å². The number of methoxy groups -OCH3 is 1. The van der Waals surface area contributed by atoms with Gasteiger partial charge in [-0.3, -0.25) is 9.59 Å². The number of ether oxygens (including phenoxy) is 1. The lowest BCUT2D eigenvalue weighted by molar-refractivity contribution is -0.137. The monoisotopic (exact) mass is 369 g/mol. The van der Waals surface area contributed by atoms with Crippen LogP contribution in [0.2, 0.25) is 0 Å². The predicted molar refractivity (Wildman–Crippen MR) is 104 cm³/mol. The van der Waals surface area contributed by atoms with Crippen LogP contribution >= 0.6 is 11.8 Å². The molecule has 0 saturated carbocycles. The number of nitrogens with one attached hydrogen (secondary N) is 2. The smallest absolute Gasteiger partial charge is 0.315 e. The first kappa shape index (κ1) is 18.0. The van der Waals surface area contributed by atoms with Gasteiger partial charge in [-0.2, -0.15) is 0 Å². The first-order chi connectivity index (χ1) is 12.7. The van der Waals surface area contributed by atoms with E-state index in [1.807, 2.05) is 48.5 Å². The van der Waals surface area contributed by atoms with Gasteiger partial charge in [-0.25, -0.2) is 4.98 Å². The quantitative estimate of drug-likeness (QED) is 0.492. The number of nitrogens with zero attached hydrogens (tertiary/aromatic N) is 1. The Morgan fingerprint density at radius 2 is 1.92 bits per heavy atom. The van der Waals surface area contributed by atoms with Crippen molar-refractivity contribution in [2.24, 2.45) is 0 Å². The standard InChI is InChI=1S/C19H19N3O3S/c1-25-18(24)12-26-11-10-17(23)20-14-7-3-2-6-13(14)19-21-15-8-4-5-9-16(15)22-19/h2-9H,10-12H2,1H3,(H,20,23)(H,21,22). The second-order valence-corrected chi connectivity index (χ2v) is 6.68. The highest BCUT2D eigenvalue weighted by atomic mass is 32.2. The van der Waals surface area contributed by atoms with Crippen molar-refractivity contribution in [2.45, 2.75) is 6.42 Å². The van der Waals surface area contributed by atoms with E-state index in [-0.39, 0.29) is 17.6 Å². The Morgan fingerprint density at radius 1 is 1.15 bits per heavy atom. The molecule has 134 valence electrons. The fourth-order valence-electron chi connectivity index (χ4n) is 2.47. The molecular weight excluding hydrogens is 350 g/mol. The molecule has 0 saturated heterocycles. The lowest BCUT2D eigenvalue weighted by Crippen LogP contribution is -2.13. The van der Waals surface area contributed by atoms with Crippen LogP contribution in [0.15, 0.2) is 48.5 Å². The molecule has 0 aliphatic rings. The molecule has 3 aromatic rings. The van der Waals surface area contributed by atoms with Gasteiger partial charge in [-0.1, -0.05) is 24.3 Å². The van der Waals surface area contributed by atoms with Gasteiger partial charge in [-0.05, 0) is 24.3 Å². The number of carbonyl (C=O) groups is 2. The lowest BCUT2D eigenvalue weighted by atomic mass is 10.1. The van der Waals surface area contributed by atoms with Gasteiger partial charge in [0.15, 0.2) is 0 Å². The molecule has 0 unspecified atom stereocenters. The SMILES string of the molecule is COC(=O)CSCCC(=O)Nc1ccccc1-c1nc2ccccc2[nH]1. The molecule has 6 nitrogen and oxygen atoms in total. The zero-order valence-electron chi connectivity index (χ0n) is 14.3. The van der Waals surface area contributed by atoms with E-state index in [9.17, 15) is 9.59 Å². The van der Waals surface area contributed by atoms with Crippen molar-refractivity contribution < 1.29 is 14.3 Å². The second kappa shape index (κ2) is 8.53. The fraction of sp³-hybridized carbons (Fsp3) is 0.211. The molecular formula is C19H19N3O3S. The molecule has 0 fully saturated rings. The van der Waals surface area contributed by atoms with Crippen molar-refractivity contribution in [1.29, 1.82) is 0 Å². The van der Waals surface area contributed by atoms with Gasteiger partial charge in [0, 0.05) is 17.7 Å². The van der Waals surface area contributed by atoms with E-state index < -0.39 is 0 Å². The number of aromatic amines is 1. The summed E-state index contributed by atoms with van der Waals surface area (Å²) in [5.41, 5.74) is 3.36. The van der Waals surface area contributed by atoms with Gasteiger partial charge < -0.3 is 15.0 Å². The van der Waals surface area contributed by atoms with Crippen molar-refractivity contribution >= 4 is 40.4 Å². The molecule has 0 atom stereocenters. The summed E-state index contributed by atoms with van der Waals surface area (Å²) in [6, 6.07) is 15.3. The van der Waals surface area contributed by atoms with Gasteiger partial charge in [-0.15, -0.1) is 11.8 Å². The molecule has 1 heterocycles. The van der Waals surface area contributed by atoms with Gasteiger partial charge in [0.05, 0.1) is 29.6 Å². The minimum absolute atomic E-state index is 0.106. The molecule has 0 spiro atoms. The first-order valence-electron chi connectivity index (χ1n) is 8.16. The highest BCUT2D eigenvalue weighted by Gasteiger charge is 2.12. The number of carbonyl (C=O) groups excluding carboxylic acids is 2. The summed E-state index contributed by atoms with van der Waals surface area (Å²) in [5.74, 6) is 1.12. The topological polar surface area (TPSA) is 84.1 Å². The minimum atomic E-state index is -0.286.